The minimum Gasteiger partial charge on any atom is -0.472 e. The van der Waals surface area contributed by atoms with E-state index in [4.69, 9.17) is 27.6 Å². The zero-order chi connectivity index (χ0) is 18.0. The van der Waals surface area contributed by atoms with Crippen molar-refractivity contribution < 1.29 is 17.6 Å². The quantitative estimate of drug-likeness (QED) is 0.711. The van der Waals surface area contributed by atoms with Crippen molar-refractivity contribution in [1.29, 1.82) is 0 Å². The maximum Gasteiger partial charge on any atom is 0.266 e. The first-order valence-corrected chi connectivity index (χ1v) is 9.25. The van der Waals surface area contributed by atoms with Crippen molar-refractivity contribution in [2.45, 2.75) is 4.90 Å². The van der Waals surface area contributed by atoms with Crippen molar-refractivity contribution in [2.75, 3.05) is 0 Å². The van der Waals surface area contributed by atoms with Crippen LogP contribution in [0.5, 0.6) is 0 Å². The third-order valence-corrected chi connectivity index (χ3v) is 5.32. The van der Waals surface area contributed by atoms with Gasteiger partial charge in [0.05, 0.1) is 28.0 Å². The van der Waals surface area contributed by atoms with Gasteiger partial charge in [-0.2, -0.15) is 0 Å². The van der Waals surface area contributed by atoms with E-state index < -0.39 is 15.9 Å². The second-order valence-corrected chi connectivity index (χ2v) is 7.62. The fraction of sp³-hybridized carbons (Fsp3) is 0. The van der Waals surface area contributed by atoms with E-state index >= 15 is 0 Å². The van der Waals surface area contributed by atoms with E-state index in [0.717, 1.165) is 11.1 Å². The van der Waals surface area contributed by atoms with E-state index in [1.54, 1.807) is 24.5 Å². The molecule has 0 atom stereocenters. The van der Waals surface area contributed by atoms with Crippen molar-refractivity contribution in [1.82, 2.24) is 4.72 Å². The zero-order valence-corrected chi connectivity index (χ0v) is 14.9. The molecule has 3 aromatic rings. The van der Waals surface area contributed by atoms with E-state index in [2.05, 4.69) is 0 Å². The Morgan fingerprint density at radius 1 is 0.960 bits per heavy atom. The minimum absolute atomic E-state index is 0.0182. The molecular weight excluding hydrogens is 385 g/mol. The molecule has 1 heterocycles. The highest BCUT2D eigenvalue weighted by molar-refractivity contribution is 7.90. The monoisotopic (exact) mass is 395 g/mol. The minimum atomic E-state index is -4.03. The summed E-state index contributed by atoms with van der Waals surface area (Å²) in [6.07, 6.45) is 3.07. The van der Waals surface area contributed by atoms with Gasteiger partial charge in [-0.15, -0.1) is 0 Å². The van der Waals surface area contributed by atoms with Gasteiger partial charge in [0.1, 0.15) is 0 Å². The fourth-order valence-electron chi connectivity index (χ4n) is 2.16. The Morgan fingerprint density at radius 3 is 2.28 bits per heavy atom. The molecule has 0 bridgehead atoms. The first-order chi connectivity index (χ1) is 11.9. The lowest BCUT2D eigenvalue weighted by atomic mass is 10.1. The SMILES string of the molecule is O=C(NS(=O)(=O)c1ccc(-c2ccoc2)cc1)c1ccc(Cl)cc1Cl. The molecule has 0 aliphatic rings. The highest BCUT2D eigenvalue weighted by Crippen LogP contribution is 2.23. The van der Waals surface area contributed by atoms with Gasteiger partial charge in [0.15, 0.2) is 0 Å². The van der Waals surface area contributed by atoms with Gasteiger partial charge in [-0.05, 0) is 42.0 Å². The maximum absolute atomic E-state index is 12.4. The molecule has 0 fully saturated rings. The topological polar surface area (TPSA) is 76.4 Å². The van der Waals surface area contributed by atoms with Crippen LogP contribution in [0.4, 0.5) is 0 Å². The third kappa shape index (κ3) is 3.87. The lowest BCUT2D eigenvalue weighted by Gasteiger charge is -2.09. The molecule has 1 aromatic heterocycles. The molecule has 8 heteroatoms. The summed E-state index contributed by atoms with van der Waals surface area (Å²) < 4.78 is 31.7. The molecular formula is C17H11Cl2NO4S. The molecule has 0 aliphatic heterocycles. The van der Waals surface area contributed by atoms with Crippen LogP contribution in [-0.2, 0) is 10.0 Å². The average molecular weight is 396 g/mol. The average Bonchev–Trinajstić information content (AvgIpc) is 3.09. The summed E-state index contributed by atoms with van der Waals surface area (Å²) in [7, 11) is -4.03. The molecule has 0 aliphatic carbocycles. The highest BCUT2D eigenvalue weighted by Gasteiger charge is 2.20. The number of carbonyl (C=O) groups excluding carboxylic acids is 1. The van der Waals surface area contributed by atoms with Crippen LogP contribution < -0.4 is 4.72 Å². The Morgan fingerprint density at radius 2 is 1.68 bits per heavy atom. The van der Waals surface area contributed by atoms with Gasteiger partial charge in [0.25, 0.3) is 15.9 Å². The molecule has 3 rings (SSSR count). The van der Waals surface area contributed by atoms with Crippen molar-refractivity contribution in [3.05, 3.63) is 76.7 Å². The summed E-state index contributed by atoms with van der Waals surface area (Å²) in [5.41, 5.74) is 1.63. The molecule has 128 valence electrons. The van der Waals surface area contributed by atoms with E-state index in [9.17, 15) is 13.2 Å². The zero-order valence-electron chi connectivity index (χ0n) is 12.6. The van der Waals surface area contributed by atoms with Crippen LogP contribution in [-0.4, -0.2) is 14.3 Å². The summed E-state index contributed by atoms with van der Waals surface area (Å²) in [6, 6.07) is 12.0. The van der Waals surface area contributed by atoms with Gasteiger partial charge >= 0.3 is 0 Å². The van der Waals surface area contributed by atoms with Gasteiger partial charge in [-0.25, -0.2) is 13.1 Å². The molecule has 0 saturated heterocycles. The largest absolute Gasteiger partial charge is 0.472 e. The second-order valence-electron chi connectivity index (χ2n) is 5.10. The van der Waals surface area contributed by atoms with E-state index in [1.165, 1.54) is 36.6 Å². The number of rotatable bonds is 4. The summed E-state index contributed by atoms with van der Waals surface area (Å²) in [6.45, 7) is 0. The predicted molar refractivity (Wildman–Crippen MR) is 95.3 cm³/mol. The molecule has 0 radical (unpaired) electrons. The Kier molecular flexibility index (Phi) is 4.85. The van der Waals surface area contributed by atoms with E-state index in [-0.39, 0.29) is 15.5 Å². The number of hydrogen-bond donors (Lipinski definition) is 1. The van der Waals surface area contributed by atoms with Crippen LogP contribution in [0.1, 0.15) is 10.4 Å². The summed E-state index contributed by atoms with van der Waals surface area (Å²) in [5.74, 6) is -0.833. The number of amides is 1. The Balaban J connectivity index is 1.83. The first-order valence-electron chi connectivity index (χ1n) is 7.02. The van der Waals surface area contributed by atoms with E-state index in [1.807, 2.05) is 4.72 Å². The summed E-state index contributed by atoms with van der Waals surface area (Å²) >= 11 is 11.7. The standard InChI is InChI=1S/C17H11Cl2NO4S/c18-13-3-6-15(16(19)9-13)17(21)20-25(22,23)14-4-1-11(2-5-14)12-7-8-24-10-12/h1-10H,(H,20,21). The Bertz CT molecular complexity index is 1010. The molecule has 0 unspecified atom stereocenters. The second kappa shape index (κ2) is 6.92. The normalized spacial score (nSPS) is 11.3. The number of carbonyl (C=O) groups is 1. The van der Waals surface area contributed by atoms with Crippen molar-refractivity contribution in [3.8, 4) is 11.1 Å². The van der Waals surface area contributed by atoms with Gasteiger partial charge in [-0.1, -0.05) is 35.3 Å². The van der Waals surface area contributed by atoms with Gasteiger partial charge in [0, 0.05) is 10.6 Å². The summed E-state index contributed by atoms with van der Waals surface area (Å²) in [5, 5.41) is 0.412. The molecule has 0 spiro atoms. The third-order valence-electron chi connectivity index (χ3n) is 3.42. The Labute approximate surface area is 154 Å². The predicted octanol–water partition coefficient (Wildman–Crippen LogP) is 4.37. The van der Waals surface area contributed by atoms with E-state index in [0.29, 0.717) is 5.02 Å². The lowest BCUT2D eigenvalue weighted by molar-refractivity contribution is 0.0981. The fourth-order valence-corrected chi connectivity index (χ4v) is 3.63. The number of nitrogens with one attached hydrogen (secondary N) is 1. The molecule has 2 aromatic carbocycles. The number of benzene rings is 2. The number of furan rings is 1. The summed E-state index contributed by atoms with van der Waals surface area (Å²) in [4.78, 5) is 12.1. The van der Waals surface area contributed by atoms with Crippen molar-refractivity contribution >= 4 is 39.1 Å². The number of hydrogen-bond acceptors (Lipinski definition) is 4. The highest BCUT2D eigenvalue weighted by atomic mass is 35.5. The first kappa shape index (κ1) is 17.5. The van der Waals surface area contributed by atoms with Gasteiger partial charge in [-0.3, -0.25) is 4.79 Å². The van der Waals surface area contributed by atoms with Crippen LogP contribution in [0, 0.1) is 0 Å². The molecule has 25 heavy (non-hydrogen) atoms. The molecule has 1 amide bonds. The van der Waals surface area contributed by atoms with Crippen LogP contribution in [0.15, 0.2) is 70.4 Å². The maximum atomic E-state index is 12.4. The van der Waals surface area contributed by atoms with Gasteiger partial charge in [0.2, 0.25) is 0 Å². The van der Waals surface area contributed by atoms with Crippen molar-refractivity contribution in [2.24, 2.45) is 0 Å². The lowest BCUT2D eigenvalue weighted by Crippen LogP contribution is -2.30. The number of sulfonamides is 1. The number of halogens is 2. The van der Waals surface area contributed by atoms with Crippen LogP contribution in [0.25, 0.3) is 11.1 Å². The smallest absolute Gasteiger partial charge is 0.266 e. The molecule has 0 saturated carbocycles. The van der Waals surface area contributed by atoms with Crippen LogP contribution in [0.2, 0.25) is 10.0 Å². The van der Waals surface area contributed by atoms with Crippen molar-refractivity contribution in [3.63, 3.8) is 0 Å². The van der Waals surface area contributed by atoms with Crippen LogP contribution in [0.3, 0.4) is 0 Å². The molecule has 5 nitrogen and oxygen atoms in total. The molecule has 1 N–H and O–H groups in total. The van der Waals surface area contributed by atoms with Crippen LogP contribution >= 0.6 is 23.2 Å². The van der Waals surface area contributed by atoms with Gasteiger partial charge < -0.3 is 4.42 Å². The Hall–Kier alpha value is -2.28.